The van der Waals surface area contributed by atoms with Crippen LogP contribution in [0.4, 0.5) is 23.0 Å². The maximum absolute atomic E-state index is 13.3. The zero-order chi connectivity index (χ0) is 30.3. The molecule has 1 aliphatic heterocycles. The Bertz CT molecular complexity index is 1760. The van der Waals surface area contributed by atoms with E-state index in [1.54, 1.807) is 48.5 Å². The molecule has 0 amide bonds. The minimum absolute atomic E-state index is 0.0353. The highest BCUT2D eigenvalue weighted by Crippen LogP contribution is 2.46. The number of aliphatic hydroxyl groups excluding tert-OH is 5. The van der Waals surface area contributed by atoms with Gasteiger partial charge in [0.15, 0.2) is 9.54 Å². The third-order valence-electron chi connectivity index (χ3n) is 6.82. The molecule has 2 aromatic heterocycles. The monoisotopic (exact) mass is 614 g/mol. The normalized spacial score (nSPS) is 15.8. The number of hydrogen-bond donors (Lipinski definition) is 10. The highest BCUT2D eigenvalue weighted by Gasteiger charge is 2.45. The largest absolute Gasteiger partial charge is 0.457 e. The molecule has 14 nitrogen and oxygen atoms in total. The van der Waals surface area contributed by atoms with Gasteiger partial charge >= 0.3 is 0 Å². The second kappa shape index (κ2) is 11.6. The molecular weight excluding hydrogens is 588 g/mol. The molecule has 0 aliphatic carbocycles. The van der Waals surface area contributed by atoms with E-state index in [1.165, 1.54) is 4.90 Å². The quantitative estimate of drug-likeness (QED) is 0.0984. The Balaban J connectivity index is 1.67. The zero-order valence-corrected chi connectivity index (χ0v) is 23.1. The topological polar surface area (TPSA) is 237 Å². The summed E-state index contributed by atoms with van der Waals surface area (Å²) < 4.78 is 5.70. The van der Waals surface area contributed by atoms with Gasteiger partial charge in [0, 0.05) is 11.4 Å². The van der Waals surface area contributed by atoms with Crippen molar-refractivity contribution in [2.45, 2.75) is 30.3 Å². The molecular formula is C26H26N6O8S2. The molecule has 1 aliphatic rings. The summed E-state index contributed by atoms with van der Waals surface area (Å²) in [4.78, 5) is 38.7. The van der Waals surface area contributed by atoms with Gasteiger partial charge in [0.05, 0.1) is 29.8 Å². The van der Waals surface area contributed by atoms with Crippen molar-refractivity contribution in [1.82, 2.24) is 19.9 Å². The number of hydrogen-bond acceptors (Lipinski definition) is 12. The van der Waals surface area contributed by atoms with Crippen molar-refractivity contribution >= 4 is 47.4 Å². The fourth-order valence-corrected chi connectivity index (χ4v) is 5.20. The molecule has 11 N–H and O–H groups in total. The minimum Gasteiger partial charge on any atom is -0.457 e. The number of nitrogens with zero attached hydrogens (tertiary/aromatic N) is 1. The summed E-state index contributed by atoms with van der Waals surface area (Å²) in [7, 11) is 0. The number of ether oxygens (including phenoxy) is 1. The van der Waals surface area contributed by atoms with Crippen LogP contribution in [0.1, 0.15) is 17.0 Å². The van der Waals surface area contributed by atoms with Crippen LogP contribution in [0, 0.1) is 9.54 Å². The Morgan fingerprint density at radius 3 is 1.74 bits per heavy atom. The summed E-state index contributed by atoms with van der Waals surface area (Å²) in [6.45, 7) is -0.921. The second-order valence-corrected chi connectivity index (χ2v) is 10.4. The van der Waals surface area contributed by atoms with Crippen LogP contribution in [0.2, 0.25) is 0 Å². The van der Waals surface area contributed by atoms with Gasteiger partial charge < -0.3 is 46.0 Å². The van der Waals surface area contributed by atoms with Crippen LogP contribution in [0.25, 0.3) is 0 Å². The van der Waals surface area contributed by atoms with E-state index in [0.717, 1.165) is 0 Å². The van der Waals surface area contributed by atoms with Gasteiger partial charge in [-0.1, -0.05) is 0 Å². The van der Waals surface area contributed by atoms with E-state index in [2.05, 4.69) is 19.9 Å². The van der Waals surface area contributed by atoms with Gasteiger partial charge in [-0.05, 0) is 73.0 Å². The number of H-pyrrole nitrogens is 4. The van der Waals surface area contributed by atoms with Crippen LogP contribution in [-0.2, 0) is 0 Å². The molecule has 0 saturated carbocycles. The summed E-state index contributed by atoms with van der Waals surface area (Å²) >= 11 is 10.4. The number of benzene rings is 2. The summed E-state index contributed by atoms with van der Waals surface area (Å²) in [6, 6.07) is 13.4. The Morgan fingerprint density at radius 1 is 0.786 bits per heavy atom. The molecule has 0 unspecified atom stereocenters. The lowest BCUT2D eigenvalue weighted by molar-refractivity contribution is -0.118. The Morgan fingerprint density at radius 2 is 1.26 bits per heavy atom. The lowest BCUT2D eigenvalue weighted by Gasteiger charge is -2.38. The molecule has 4 atom stereocenters. The third kappa shape index (κ3) is 5.39. The predicted molar refractivity (Wildman–Crippen MR) is 157 cm³/mol. The molecule has 16 heteroatoms. The fourth-order valence-electron chi connectivity index (χ4n) is 4.82. The lowest BCUT2D eigenvalue weighted by atomic mass is 9.81. The first-order valence-electron chi connectivity index (χ1n) is 12.5. The van der Waals surface area contributed by atoms with Gasteiger partial charge in [-0.15, -0.1) is 0 Å². The van der Waals surface area contributed by atoms with Gasteiger partial charge in [-0.25, -0.2) is 0 Å². The van der Waals surface area contributed by atoms with Crippen molar-refractivity contribution in [2.75, 3.05) is 17.2 Å². The Kier molecular flexibility index (Phi) is 8.11. The van der Waals surface area contributed by atoms with E-state index >= 15 is 0 Å². The number of aliphatic hydroxyl groups is 5. The number of anilines is 4. The molecule has 0 bridgehead atoms. The molecule has 220 valence electrons. The average Bonchev–Trinajstić information content (AvgIpc) is 2.96. The van der Waals surface area contributed by atoms with Crippen LogP contribution in [0.5, 0.6) is 11.5 Å². The minimum atomic E-state index is -2.10. The van der Waals surface area contributed by atoms with E-state index in [9.17, 15) is 35.1 Å². The van der Waals surface area contributed by atoms with Crippen molar-refractivity contribution in [3.63, 3.8) is 0 Å². The van der Waals surface area contributed by atoms with E-state index in [-0.39, 0.29) is 32.3 Å². The zero-order valence-electron chi connectivity index (χ0n) is 21.5. The molecule has 5 rings (SSSR count). The first-order chi connectivity index (χ1) is 20.0. The molecule has 0 fully saturated rings. The van der Waals surface area contributed by atoms with Crippen LogP contribution in [0.3, 0.4) is 0 Å². The molecule has 42 heavy (non-hydrogen) atoms. The summed E-state index contributed by atoms with van der Waals surface area (Å²) in [5, 5.41) is 51.4. The van der Waals surface area contributed by atoms with Gasteiger partial charge in [0.2, 0.25) is 0 Å². The van der Waals surface area contributed by atoms with E-state index in [1.807, 2.05) is 0 Å². The summed E-state index contributed by atoms with van der Waals surface area (Å²) in [5.41, 5.74) is 4.74. The van der Waals surface area contributed by atoms with Crippen LogP contribution < -0.4 is 26.5 Å². The number of nitrogens with two attached hydrogens (primary N) is 1. The highest BCUT2D eigenvalue weighted by molar-refractivity contribution is 7.71. The number of nitrogens with one attached hydrogen (secondary N) is 4. The smallest absolute Gasteiger partial charge is 0.257 e. The molecule has 0 radical (unpaired) electrons. The van der Waals surface area contributed by atoms with E-state index < -0.39 is 48.1 Å². The number of aromatic nitrogens is 4. The third-order valence-corrected chi connectivity index (χ3v) is 7.23. The van der Waals surface area contributed by atoms with Crippen LogP contribution in [-0.4, -0.2) is 76.5 Å². The average molecular weight is 615 g/mol. The number of fused-ring (bicyclic) bond motifs is 2. The number of aromatic amines is 4. The van der Waals surface area contributed by atoms with Crippen molar-refractivity contribution < 1.29 is 30.3 Å². The second-order valence-electron chi connectivity index (χ2n) is 9.54. The van der Waals surface area contributed by atoms with Crippen molar-refractivity contribution in [2.24, 2.45) is 0 Å². The predicted octanol–water partition coefficient (Wildman–Crippen LogP) is 0.904. The number of rotatable bonds is 8. The lowest BCUT2D eigenvalue weighted by Crippen LogP contribution is -2.50. The Labute approximate surface area is 246 Å². The van der Waals surface area contributed by atoms with Crippen LogP contribution >= 0.6 is 24.4 Å². The highest BCUT2D eigenvalue weighted by atomic mass is 32.1. The maximum atomic E-state index is 13.3. The first-order valence-corrected chi connectivity index (χ1v) is 13.3. The molecule has 0 spiro atoms. The Hall–Kier alpha value is -4.16. The van der Waals surface area contributed by atoms with Gasteiger partial charge in [-0.2, -0.15) is 0 Å². The van der Waals surface area contributed by atoms with Gasteiger partial charge in [0.1, 0.15) is 41.4 Å². The summed E-state index contributed by atoms with van der Waals surface area (Å²) in [5.74, 6) is -0.477. The SMILES string of the molecule is Nc1ccc(Oc2ccc(N3c4[nH]c(=S)[nH]c(=O)c4C([C@H](O)[C@@H](O)[C@H](O)[C@H](O)CO)c4c3[nH]c(=S)[nH]c4=O)cc2)cc1. The summed E-state index contributed by atoms with van der Waals surface area (Å²) in [6.07, 6.45) is -7.96. The molecule has 2 aromatic carbocycles. The van der Waals surface area contributed by atoms with Crippen molar-refractivity contribution in [3.8, 4) is 11.5 Å². The maximum Gasteiger partial charge on any atom is 0.257 e. The number of nitrogen functional groups attached to an aromatic ring is 1. The van der Waals surface area contributed by atoms with Crippen molar-refractivity contribution in [1.29, 1.82) is 0 Å². The van der Waals surface area contributed by atoms with Gasteiger partial charge in [0.25, 0.3) is 11.1 Å². The standard InChI is InChI=1S/C26H26N6O8S2/c27-10-1-5-12(6-2-10)40-13-7-3-11(4-8-13)32-21-16(23(38)30-25(41)28-21)15(17-22(32)29-26(42)31-24(17)39)19(36)20(37)18(35)14(34)9-33/h1-8,14-15,18-20,33-37H,9,27H2,(H2,28,30,38,41)(H2,29,31,39,42)/t14-,18-,19+,20+/m1/s1. The molecule has 0 saturated heterocycles. The van der Waals surface area contributed by atoms with Crippen molar-refractivity contribution in [3.05, 3.63) is 89.9 Å². The molecule has 3 heterocycles. The van der Waals surface area contributed by atoms with E-state index in [4.69, 9.17) is 34.9 Å². The van der Waals surface area contributed by atoms with Crippen LogP contribution in [0.15, 0.2) is 58.1 Å². The fraction of sp³-hybridized carbons (Fsp3) is 0.231. The van der Waals surface area contributed by atoms with Gasteiger partial charge in [-0.3, -0.25) is 24.5 Å². The molecule has 4 aromatic rings. The van der Waals surface area contributed by atoms with E-state index in [0.29, 0.717) is 22.9 Å². The first kappa shape index (κ1) is 29.3.